The van der Waals surface area contributed by atoms with E-state index in [9.17, 15) is 0 Å². The van der Waals surface area contributed by atoms with E-state index in [2.05, 4.69) is 101 Å². The first-order chi connectivity index (χ1) is 18.3. The van der Waals surface area contributed by atoms with Crippen LogP contribution < -0.4 is 0 Å². The van der Waals surface area contributed by atoms with Gasteiger partial charge in [-0.3, -0.25) is 4.57 Å². The molecule has 0 N–H and O–H groups in total. The van der Waals surface area contributed by atoms with Crippen LogP contribution >= 0.6 is 0 Å². The average Bonchev–Trinajstić information content (AvgIpc) is 3.45. The maximum absolute atomic E-state index is 6.51. The molecule has 3 heterocycles. The molecule has 4 heteroatoms. The quantitative estimate of drug-likeness (QED) is 0.236. The molecule has 0 amide bonds. The molecule has 0 bridgehead atoms. The molecule has 3 aromatic carbocycles. The summed E-state index contributed by atoms with van der Waals surface area (Å²) in [5.74, 6) is 1.63. The summed E-state index contributed by atoms with van der Waals surface area (Å²) in [4.78, 5) is 9.98. The number of benzene rings is 3. The molecule has 0 fully saturated rings. The van der Waals surface area contributed by atoms with Crippen LogP contribution in [-0.4, -0.2) is 14.5 Å². The van der Waals surface area contributed by atoms with Crippen LogP contribution in [0.25, 0.3) is 50.2 Å². The van der Waals surface area contributed by atoms with Crippen LogP contribution in [0.1, 0.15) is 74.4 Å². The number of rotatable bonds is 5. The topological polar surface area (TPSA) is 43.9 Å². The minimum Gasteiger partial charge on any atom is -0.437 e. The predicted octanol–water partition coefficient (Wildman–Crippen LogP) is 9.41. The summed E-state index contributed by atoms with van der Waals surface area (Å²) >= 11 is 0. The molecule has 0 saturated carbocycles. The van der Waals surface area contributed by atoms with E-state index in [0.717, 1.165) is 56.5 Å². The Morgan fingerprint density at radius 3 is 2.18 bits per heavy atom. The van der Waals surface area contributed by atoms with E-state index in [1.54, 1.807) is 0 Å². The second kappa shape index (κ2) is 9.13. The SMILES string of the molecule is CCc1cc(C(C)C)c(-n2c(-c3c(C)ccc4c3oc3nc(C)ccc34)nc3ccccc32)c(C(C)C)c1. The lowest BCUT2D eigenvalue weighted by Crippen LogP contribution is -2.10. The number of hydrogen-bond acceptors (Lipinski definition) is 3. The number of fused-ring (bicyclic) bond motifs is 4. The van der Waals surface area contributed by atoms with Gasteiger partial charge in [0.05, 0.1) is 22.3 Å². The monoisotopic (exact) mass is 501 g/mol. The molecule has 0 spiro atoms. The van der Waals surface area contributed by atoms with Crippen LogP contribution in [-0.2, 0) is 6.42 Å². The van der Waals surface area contributed by atoms with Crippen molar-refractivity contribution in [3.05, 3.63) is 88.6 Å². The summed E-state index contributed by atoms with van der Waals surface area (Å²) in [5.41, 5.74) is 12.0. The molecule has 6 aromatic rings. The Kier molecular flexibility index (Phi) is 5.86. The van der Waals surface area contributed by atoms with E-state index >= 15 is 0 Å². The first-order valence-electron chi connectivity index (χ1n) is 13.7. The lowest BCUT2D eigenvalue weighted by atomic mass is 9.89. The van der Waals surface area contributed by atoms with Crippen molar-refractivity contribution in [2.75, 3.05) is 0 Å². The minimum absolute atomic E-state index is 0.360. The molecular formula is C34H35N3O. The number of imidazole rings is 1. The number of pyridine rings is 1. The lowest BCUT2D eigenvalue weighted by molar-refractivity contribution is 0.653. The highest BCUT2D eigenvalue weighted by Gasteiger charge is 2.26. The van der Waals surface area contributed by atoms with Crippen molar-refractivity contribution in [2.45, 2.75) is 66.7 Å². The van der Waals surface area contributed by atoms with E-state index < -0.39 is 0 Å². The highest BCUT2D eigenvalue weighted by molar-refractivity contribution is 6.09. The summed E-state index contributed by atoms with van der Waals surface area (Å²) < 4.78 is 8.91. The fourth-order valence-corrected chi connectivity index (χ4v) is 5.70. The average molecular weight is 502 g/mol. The van der Waals surface area contributed by atoms with Crippen molar-refractivity contribution in [1.29, 1.82) is 0 Å². The Morgan fingerprint density at radius 2 is 1.50 bits per heavy atom. The van der Waals surface area contributed by atoms with Crippen molar-refractivity contribution in [2.24, 2.45) is 0 Å². The molecule has 4 nitrogen and oxygen atoms in total. The largest absolute Gasteiger partial charge is 0.437 e. The molecule has 0 aliphatic rings. The van der Waals surface area contributed by atoms with E-state index in [-0.39, 0.29) is 0 Å². The third kappa shape index (κ3) is 3.74. The van der Waals surface area contributed by atoms with Gasteiger partial charge in [-0.25, -0.2) is 9.97 Å². The fraction of sp³-hybridized carbons (Fsp3) is 0.294. The second-order valence-corrected chi connectivity index (χ2v) is 11.1. The van der Waals surface area contributed by atoms with Crippen molar-refractivity contribution < 1.29 is 4.42 Å². The third-order valence-corrected chi connectivity index (χ3v) is 7.74. The Hall–Kier alpha value is -3.92. The fourth-order valence-electron chi connectivity index (χ4n) is 5.70. The highest BCUT2D eigenvalue weighted by Crippen LogP contribution is 2.42. The number of aromatic nitrogens is 3. The van der Waals surface area contributed by atoms with Crippen molar-refractivity contribution in [3.8, 4) is 17.1 Å². The van der Waals surface area contributed by atoms with Gasteiger partial charge in [0, 0.05) is 16.5 Å². The molecular weight excluding hydrogens is 466 g/mol. The molecule has 38 heavy (non-hydrogen) atoms. The Labute approximate surface area is 224 Å². The van der Waals surface area contributed by atoms with Gasteiger partial charge in [0.15, 0.2) is 0 Å². The van der Waals surface area contributed by atoms with Crippen molar-refractivity contribution >= 4 is 33.1 Å². The van der Waals surface area contributed by atoms with Gasteiger partial charge in [-0.2, -0.15) is 0 Å². The van der Waals surface area contributed by atoms with Gasteiger partial charge in [-0.15, -0.1) is 0 Å². The molecule has 0 aliphatic carbocycles. The van der Waals surface area contributed by atoms with Gasteiger partial charge in [0.25, 0.3) is 0 Å². The van der Waals surface area contributed by atoms with Gasteiger partial charge < -0.3 is 4.42 Å². The number of hydrogen-bond donors (Lipinski definition) is 0. The molecule has 0 radical (unpaired) electrons. The zero-order valence-corrected chi connectivity index (χ0v) is 23.4. The van der Waals surface area contributed by atoms with Crippen LogP contribution in [0, 0.1) is 13.8 Å². The lowest BCUT2D eigenvalue weighted by Gasteiger charge is -2.24. The molecule has 0 atom stereocenters. The molecule has 192 valence electrons. The van der Waals surface area contributed by atoms with Crippen LogP contribution in [0.2, 0.25) is 0 Å². The zero-order valence-electron chi connectivity index (χ0n) is 23.4. The number of aryl methyl sites for hydroxylation is 3. The third-order valence-electron chi connectivity index (χ3n) is 7.74. The van der Waals surface area contributed by atoms with Gasteiger partial charge in [0.1, 0.15) is 11.4 Å². The van der Waals surface area contributed by atoms with E-state index in [1.807, 2.05) is 13.0 Å². The smallest absolute Gasteiger partial charge is 0.227 e. The van der Waals surface area contributed by atoms with Crippen LogP contribution in [0.15, 0.2) is 65.1 Å². The van der Waals surface area contributed by atoms with Crippen LogP contribution in [0.3, 0.4) is 0 Å². The van der Waals surface area contributed by atoms with Crippen molar-refractivity contribution in [1.82, 2.24) is 14.5 Å². The number of para-hydroxylation sites is 2. The molecule has 0 saturated heterocycles. The summed E-state index contributed by atoms with van der Waals surface area (Å²) in [7, 11) is 0. The standard InChI is InChI=1S/C34H35N3O/c1-8-23-17-26(19(2)3)31(27(18-23)20(4)5)37-29-12-10-9-11-28(29)36-33(37)30-21(6)13-15-24-25-16-14-22(7)35-34(25)38-32(24)30/h9-20H,8H2,1-7H3. The Morgan fingerprint density at radius 1 is 0.816 bits per heavy atom. The molecule has 0 aliphatic heterocycles. The van der Waals surface area contributed by atoms with E-state index in [4.69, 9.17) is 14.4 Å². The number of furan rings is 1. The summed E-state index contributed by atoms with van der Waals surface area (Å²) in [6, 6.07) is 21.8. The van der Waals surface area contributed by atoms with Gasteiger partial charge in [-0.05, 0) is 78.6 Å². The Bertz CT molecular complexity index is 1810. The molecule has 6 rings (SSSR count). The molecule has 3 aromatic heterocycles. The highest BCUT2D eigenvalue weighted by atomic mass is 16.3. The first-order valence-corrected chi connectivity index (χ1v) is 13.7. The summed E-state index contributed by atoms with van der Waals surface area (Å²) in [5, 5.41) is 2.11. The van der Waals surface area contributed by atoms with Crippen LogP contribution in [0.4, 0.5) is 0 Å². The van der Waals surface area contributed by atoms with Gasteiger partial charge in [0.2, 0.25) is 5.71 Å². The van der Waals surface area contributed by atoms with E-state index in [1.165, 1.54) is 22.4 Å². The van der Waals surface area contributed by atoms with Gasteiger partial charge >= 0.3 is 0 Å². The zero-order chi connectivity index (χ0) is 26.7. The maximum Gasteiger partial charge on any atom is 0.227 e. The number of nitrogens with zero attached hydrogens (tertiary/aromatic N) is 3. The van der Waals surface area contributed by atoms with Crippen LogP contribution in [0.5, 0.6) is 0 Å². The Balaban J connectivity index is 1.79. The summed E-state index contributed by atoms with van der Waals surface area (Å²) in [6.45, 7) is 15.6. The van der Waals surface area contributed by atoms with E-state index in [0.29, 0.717) is 17.5 Å². The van der Waals surface area contributed by atoms with Crippen molar-refractivity contribution in [3.63, 3.8) is 0 Å². The summed E-state index contributed by atoms with van der Waals surface area (Å²) in [6.07, 6.45) is 1.01. The maximum atomic E-state index is 6.51. The minimum atomic E-state index is 0.360. The molecule has 0 unspecified atom stereocenters. The normalized spacial score (nSPS) is 12.1. The predicted molar refractivity (Wildman–Crippen MR) is 159 cm³/mol. The second-order valence-electron chi connectivity index (χ2n) is 11.1. The van der Waals surface area contributed by atoms with Gasteiger partial charge in [-0.1, -0.05) is 71.0 Å². The first kappa shape index (κ1) is 24.4.